The molecule has 0 amide bonds. The third kappa shape index (κ3) is 3.17. The molecule has 0 aromatic heterocycles. The molecule has 0 bridgehead atoms. The van der Waals surface area contributed by atoms with Gasteiger partial charge in [0, 0.05) is 6.54 Å². The summed E-state index contributed by atoms with van der Waals surface area (Å²) in [6.07, 6.45) is 0. The second-order valence-corrected chi connectivity index (χ2v) is 4.25. The molecule has 2 rings (SSSR count). The number of ether oxygens (including phenoxy) is 1. The number of hydrogen-bond acceptors (Lipinski definition) is 3. The Morgan fingerprint density at radius 3 is 2.65 bits per heavy atom. The van der Waals surface area contributed by atoms with Gasteiger partial charge in [-0.25, -0.2) is 8.78 Å². The lowest BCUT2D eigenvalue weighted by Gasteiger charge is -2.13. The van der Waals surface area contributed by atoms with Crippen LogP contribution >= 0.6 is 0 Å². The first-order valence-electron chi connectivity index (χ1n) is 6.31. The number of nitrogens with two attached hydrogens (primary N) is 1. The number of anilines is 2. The van der Waals surface area contributed by atoms with Crippen LogP contribution in [0.5, 0.6) is 5.75 Å². The van der Waals surface area contributed by atoms with Gasteiger partial charge in [-0.15, -0.1) is 0 Å². The minimum absolute atomic E-state index is 0.344. The molecule has 3 nitrogen and oxygen atoms in total. The maximum absolute atomic E-state index is 13.1. The Bertz CT molecular complexity index is 602. The standard InChI is InChI=1S/C15H16F2N2O/c1-2-20-14-5-3-4-13(15(14)18)19-9-10-6-7-11(16)12(17)8-10/h3-8,19H,2,9,18H2,1H3. The van der Waals surface area contributed by atoms with E-state index in [0.717, 1.165) is 12.1 Å². The van der Waals surface area contributed by atoms with Crippen molar-refractivity contribution < 1.29 is 13.5 Å². The third-order valence-corrected chi connectivity index (χ3v) is 2.83. The van der Waals surface area contributed by atoms with Gasteiger partial charge in [0.05, 0.1) is 18.0 Å². The molecule has 5 heteroatoms. The van der Waals surface area contributed by atoms with Gasteiger partial charge in [-0.2, -0.15) is 0 Å². The molecule has 0 atom stereocenters. The van der Waals surface area contributed by atoms with Crippen molar-refractivity contribution in [3.05, 3.63) is 53.6 Å². The topological polar surface area (TPSA) is 47.3 Å². The van der Waals surface area contributed by atoms with Gasteiger partial charge in [0.25, 0.3) is 0 Å². The highest BCUT2D eigenvalue weighted by molar-refractivity contribution is 5.72. The summed E-state index contributed by atoms with van der Waals surface area (Å²) in [5, 5.41) is 3.08. The van der Waals surface area contributed by atoms with E-state index in [1.54, 1.807) is 12.1 Å². The smallest absolute Gasteiger partial charge is 0.159 e. The highest BCUT2D eigenvalue weighted by Gasteiger charge is 2.06. The average Bonchev–Trinajstić information content (AvgIpc) is 2.44. The van der Waals surface area contributed by atoms with E-state index in [-0.39, 0.29) is 0 Å². The first-order valence-corrected chi connectivity index (χ1v) is 6.31. The molecule has 0 aliphatic rings. The third-order valence-electron chi connectivity index (χ3n) is 2.83. The summed E-state index contributed by atoms with van der Waals surface area (Å²) in [6.45, 7) is 2.74. The second-order valence-electron chi connectivity index (χ2n) is 4.25. The summed E-state index contributed by atoms with van der Waals surface area (Å²) < 4.78 is 31.3. The molecule has 0 saturated carbocycles. The number of nitrogen functional groups attached to an aromatic ring is 1. The monoisotopic (exact) mass is 278 g/mol. The zero-order valence-electron chi connectivity index (χ0n) is 11.1. The second kappa shape index (κ2) is 6.23. The van der Waals surface area contributed by atoms with Crippen LogP contribution in [0.4, 0.5) is 20.2 Å². The summed E-state index contributed by atoms with van der Waals surface area (Å²) >= 11 is 0. The van der Waals surface area contributed by atoms with Gasteiger partial charge in [0.15, 0.2) is 11.6 Å². The van der Waals surface area contributed by atoms with Crippen LogP contribution < -0.4 is 15.8 Å². The number of para-hydroxylation sites is 1. The van der Waals surface area contributed by atoms with Crippen molar-refractivity contribution in [3.63, 3.8) is 0 Å². The SMILES string of the molecule is CCOc1cccc(NCc2ccc(F)c(F)c2)c1N. The maximum Gasteiger partial charge on any atom is 0.159 e. The lowest BCUT2D eigenvalue weighted by molar-refractivity contribution is 0.342. The van der Waals surface area contributed by atoms with Gasteiger partial charge in [-0.3, -0.25) is 0 Å². The molecule has 0 unspecified atom stereocenters. The van der Waals surface area contributed by atoms with Gasteiger partial charge in [0.1, 0.15) is 5.75 Å². The lowest BCUT2D eigenvalue weighted by atomic mass is 10.2. The molecule has 0 heterocycles. The summed E-state index contributed by atoms with van der Waals surface area (Å²) in [5.41, 5.74) is 7.79. The van der Waals surface area contributed by atoms with Crippen molar-refractivity contribution in [2.75, 3.05) is 17.7 Å². The van der Waals surface area contributed by atoms with Gasteiger partial charge >= 0.3 is 0 Å². The van der Waals surface area contributed by atoms with E-state index < -0.39 is 11.6 Å². The molecule has 0 saturated heterocycles. The molecule has 20 heavy (non-hydrogen) atoms. The first-order chi connectivity index (χ1) is 9.61. The molecule has 0 radical (unpaired) electrons. The fourth-order valence-corrected chi connectivity index (χ4v) is 1.83. The predicted molar refractivity (Wildman–Crippen MR) is 75.7 cm³/mol. The molecule has 0 aliphatic heterocycles. The maximum atomic E-state index is 13.1. The van der Waals surface area contributed by atoms with Gasteiger partial charge in [-0.1, -0.05) is 12.1 Å². The highest BCUT2D eigenvalue weighted by atomic mass is 19.2. The summed E-state index contributed by atoms with van der Waals surface area (Å²) in [7, 11) is 0. The average molecular weight is 278 g/mol. The number of halogens is 2. The van der Waals surface area contributed by atoms with Gasteiger partial charge < -0.3 is 15.8 Å². The van der Waals surface area contributed by atoms with Crippen molar-refractivity contribution in [2.45, 2.75) is 13.5 Å². The fourth-order valence-electron chi connectivity index (χ4n) is 1.83. The highest BCUT2D eigenvalue weighted by Crippen LogP contribution is 2.29. The normalized spacial score (nSPS) is 10.3. The molecule has 106 valence electrons. The summed E-state index contributed by atoms with van der Waals surface area (Å²) in [6, 6.07) is 9.18. The molecule has 2 aromatic carbocycles. The quantitative estimate of drug-likeness (QED) is 0.822. The Balaban J connectivity index is 2.10. The van der Waals surface area contributed by atoms with Gasteiger partial charge in [0.2, 0.25) is 0 Å². The minimum atomic E-state index is -0.861. The van der Waals surface area contributed by atoms with E-state index in [1.807, 2.05) is 13.0 Å². The molecule has 0 spiro atoms. The van der Waals surface area contributed by atoms with Crippen LogP contribution in [0.25, 0.3) is 0 Å². The number of benzene rings is 2. The Kier molecular flexibility index (Phi) is 4.40. The lowest BCUT2D eigenvalue weighted by Crippen LogP contribution is -2.05. The van der Waals surface area contributed by atoms with E-state index in [4.69, 9.17) is 10.5 Å². The minimum Gasteiger partial charge on any atom is -0.492 e. The van der Waals surface area contributed by atoms with E-state index in [2.05, 4.69) is 5.32 Å². The number of hydrogen-bond donors (Lipinski definition) is 2. The van der Waals surface area contributed by atoms with Crippen LogP contribution in [0.1, 0.15) is 12.5 Å². The van der Waals surface area contributed by atoms with Crippen LogP contribution in [0, 0.1) is 11.6 Å². The molecular formula is C15H16F2N2O. The van der Waals surface area contributed by atoms with Crippen molar-refractivity contribution in [3.8, 4) is 5.75 Å². The van der Waals surface area contributed by atoms with Crippen LogP contribution in [-0.2, 0) is 6.54 Å². The molecular weight excluding hydrogens is 262 g/mol. The van der Waals surface area contributed by atoms with Gasteiger partial charge in [-0.05, 0) is 36.8 Å². The molecule has 3 N–H and O–H groups in total. The van der Waals surface area contributed by atoms with E-state index in [1.165, 1.54) is 6.07 Å². The zero-order valence-corrected chi connectivity index (χ0v) is 11.1. The fraction of sp³-hybridized carbons (Fsp3) is 0.200. The van der Waals surface area contributed by atoms with Crippen LogP contribution in [0.2, 0.25) is 0 Å². The van der Waals surface area contributed by atoms with E-state index in [9.17, 15) is 8.78 Å². The van der Waals surface area contributed by atoms with E-state index in [0.29, 0.717) is 35.8 Å². The Labute approximate surface area is 116 Å². The van der Waals surface area contributed by atoms with Crippen molar-refractivity contribution >= 4 is 11.4 Å². The van der Waals surface area contributed by atoms with Crippen LogP contribution in [0.15, 0.2) is 36.4 Å². The van der Waals surface area contributed by atoms with Crippen LogP contribution in [-0.4, -0.2) is 6.61 Å². The summed E-state index contributed by atoms with van der Waals surface area (Å²) in [5.74, 6) is -1.12. The van der Waals surface area contributed by atoms with Crippen molar-refractivity contribution in [2.24, 2.45) is 0 Å². The van der Waals surface area contributed by atoms with Crippen LogP contribution in [0.3, 0.4) is 0 Å². The Morgan fingerprint density at radius 1 is 1.15 bits per heavy atom. The first kappa shape index (κ1) is 14.1. The predicted octanol–water partition coefficient (Wildman–Crippen LogP) is 3.56. The summed E-state index contributed by atoms with van der Waals surface area (Å²) in [4.78, 5) is 0. The largest absolute Gasteiger partial charge is 0.492 e. The molecule has 0 fully saturated rings. The zero-order chi connectivity index (χ0) is 14.5. The van der Waals surface area contributed by atoms with E-state index >= 15 is 0 Å². The molecule has 0 aliphatic carbocycles. The number of rotatable bonds is 5. The van der Waals surface area contributed by atoms with Crippen molar-refractivity contribution in [1.82, 2.24) is 0 Å². The Hall–Kier alpha value is -2.30. The van der Waals surface area contributed by atoms with Crippen molar-refractivity contribution in [1.29, 1.82) is 0 Å². The number of nitrogens with one attached hydrogen (secondary N) is 1. The molecule has 2 aromatic rings. The Morgan fingerprint density at radius 2 is 1.95 bits per heavy atom.